The van der Waals surface area contributed by atoms with E-state index in [1.807, 2.05) is 0 Å². The molecule has 0 saturated heterocycles. The Balaban J connectivity index is 3.16. The van der Waals surface area contributed by atoms with Crippen molar-refractivity contribution in [3.05, 3.63) is 23.8 Å². The zero-order valence-electron chi connectivity index (χ0n) is 17.1. The van der Waals surface area contributed by atoms with Gasteiger partial charge in [-0.3, -0.25) is 0 Å². The van der Waals surface area contributed by atoms with Gasteiger partial charge in [0.25, 0.3) is 0 Å². The van der Waals surface area contributed by atoms with Crippen LogP contribution in [0.15, 0.2) is 18.2 Å². The van der Waals surface area contributed by atoms with E-state index >= 15 is 0 Å². The Morgan fingerprint density at radius 2 is 1.24 bits per heavy atom. The summed E-state index contributed by atoms with van der Waals surface area (Å²) < 4.78 is 72.3. The van der Waals surface area contributed by atoms with Gasteiger partial charge in [0.15, 0.2) is 11.5 Å². The Morgan fingerprint density at radius 3 is 1.62 bits per heavy atom. The summed E-state index contributed by atoms with van der Waals surface area (Å²) in [4.78, 5) is 20.8. The van der Waals surface area contributed by atoms with Crippen molar-refractivity contribution < 1.29 is 51.0 Å². The molecule has 0 fully saturated rings. The third-order valence-corrected chi connectivity index (χ3v) is 2.80. The lowest BCUT2D eigenvalue weighted by molar-refractivity contribution is -0.502. The predicted molar refractivity (Wildman–Crippen MR) is 91.2 cm³/mol. The number of halogens is 5. The molecule has 6 nitrogen and oxygen atoms in total. The summed E-state index contributed by atoms with van der Waals surface area (Å²) in [6, 6.07) is 3.11. The highest BCUT2D eigenvalue weighted by molar-refractivity contribution is 5.43. The summed E-state index contributed by atoms with van der Waals surface area (Å²) in [7, 11) is 1.08. The van der Waals surface area contributed by atoms with E-state index in [0.717, 1.165) is 25.3 Å². The normalized spacial score (nSPS) is 13.7. The molecule has 1 aromatic carbocycles. The maximum Gasteiger partial charge on any atom is 0.499 e. The minimum Gasteiger partial charge on any atom is -0.493 e. The minimum absolute atomic E-state index is 0.151. The number of rotatable bonds is 8. The van der Waals surface area contributed by atoms with E-state index in [9.17, 15) is 22.0 Å². The van der Waals surface area contributed by atoms with E-state index in [-0.39, 0.29) is 5.56 Å². The average Bonchev–Trinajstić information content (AvgIpc) is 2.52. The summed E-state index contributed by atoms with van der Waals surface area (Å²) >= 11 is 0. The quantitative estimate of drug-likeness (QED) is 0.227. The van der Waals surface area contributed by atoms with E-state index in [4.69, 9.17) is 24.3 Å². The molecule has 0 saturated carbocycles. The third-order valence-electron chi connectivity index (χ3n) is 2.80. The highest BCUT2D eigenvalue weighted by Gasteiger charge is 2.61. The Hall–Kier alpha value is -1.69. The van der Waals surface area contributed by atoms with E-state index in [1.54, 1.807) is 41.5 Å². The van der Waals surface area contributed by atoms with Crippen LogP contribution in [-0.2, 0) is 19.6 Å². The van der Waals surface area contributed by atoms with Crippen LogP contribution in [0.4, 0.5) is 22.0 Å². The fraction of sp³-hybridized carbons (Fsp3) is 0.667. The van der Waals surface area contributed by atoms with Crippen molar-refractivity contribution in [3.8, 4) is 11.5 Å². The van der Waals surface area contributed by atoms with E-state index in [2.05, 4.69) is 4.74 Å². The standard InChI is InChI=1S/C18H25F5O6/c1-15(2,3)28-26-14(27-29-16(4,5)6)11-8-9-12(13(10-11)24-7)25-18(22,23)17(19,20)21/h8-10,14H,1-7H3. The van der Waals surface area contributed by atoms with Gasteiger partial charge in [0.1, 0.15) is 0 Å². The first-order valence-electron chi connectivity index (χ1n) is 8.46. The molecule has 0 heterocycles. The second-order valence-electron chi connectivity index (χ2n) is 7.94. The number of ether oxygens (including phenoxy) is 2. The monoisotopic (exact) mass is 432 g/mol. The lowest BCUT2D eigenvalue weighted by Crippen LogP contribution is -2.41. The fourth-order valence-electron chi connectivity index (χ4n) is 1.61. The molecule has 11 heteroatoms. The van der Waals surface area contributed by atoms with Crippen LogP contribution in [0, 0.1) is 0 Å². The van der Waals surface area contributed by atoms with Crippen LogP contribution in [0.3, 0.4) is 0 Å². The Bertz CT molecular complexity index is 646. The van der Waals surface area contributed by atoms with Crippen LogP contribution in [0.25, 0.3) is 0 Å². The van der Waals surface area contributed by atoms with Crippen molar-refractivity contribution in [3.63, 3.8) is 0 Å². The maximum atomic E-state index is 13.2. The van der Waals surface area contributed by atoms with Crippen molar-refractivity contribution in [1.82, 2.24) is 0 Å². The van der Waals surface area contributed by atoms with Crippen LogP contribution in [0.5, 0.6) is 11.5 Å². The zero-order valence-corrected chi connectivity index (χ0v) is 17.1. The van der Waals surface area contributed by atoms with E-state index in [1.165, 1.54) is 0 Å². The van der Waals surface area contributed by atoms with Gasteiger partial charge in [-0.15, -0.1) is 0 Å². The second kappa shape index (κ2) is 8.99. The number of hydrogen-bond acceptors (Lipinski definition) is 6. The van der Waals surface area contributed by atoms with Crippen molar-refractivity contribution in [2.75, 3.05) is 7.11 Å². The van der Waals surface area contributed by atoms with Gasteiger partial charge in [0.05, 0.1) is 18.3 Å². The Morgan fingerprint density at radius 1 is 0.759 bits per heavy atom. The first kappa shape index (κ1) is 25.3. The lowest BCUT2D eigenvalue weighted by atomic mass is 10.2. The molecule has 0 amide bonds. The number of methoxy groups -OCH3 is 1. The fourth-order valence-corrected chi connectivity index (χ4v) is 1.61. The summed E-state index contributed by atoms with van der Waals surface area (Å²) in [5, 5.41) is 0. The molecule has 0 spiro atoms. The molecule has 29 heavy (non-hydrogen) atoms. The Kier molecular flexibility index (Phi) is 7.85. The molecule has 1 rings (SSSR count). The Labute approximate surface area is 165 Å². The molecule has 0 aliphatic carbocycles. The zero-order chi connectivity index (χ0) is 22.7. The molecular formula is C18H25F5O6. The summed E-state index contributed by atoms with van der Waals surface area (Å²) in [5.41, 5.74) is -1.31. The van der Waals surface area contributed by atoms with Crippen LogP contribution >= 0.6 is 0 Å². The highest BCUT2D eigenvalue weighted by atomic mass is 19.4. The summed E-state index contributed by atoms with van der Waals surface area (Å²) in [5.74, 6) is -1.24. The largest absolute Gasteiger partial charge is 0.499 e. The molecular weight excluding hydrogens is 407 g/mol. The van der Waals surface area contributed by atoms with E-state index in [0.29, 0.717) is 0 Å². The molecule has 0 bridgehead atoms. The van der Waals surface area contributed by atoms with Gasteiger partial charge >= 0.3 is 12.3 Å². The summed E-state index contributed by atoms with van der Waals surface area (Å²) in [6.07, 6.45) is -12.6. The van der Waals surface area contributed by atoms with Gasteiger partial charge in [0, 0.05) is 5.56 Å². The van der Waals surface area contributed by atoms with Crippen LogP contribution in [0.1, 0.15) is 53.4 Å². The topological polar surface area (TPSA) is 55.4 Å². The smallest absolute Gasteiger partial charge is 0.493 e. The third kappa shape index (κ3) is 8.29. The predicted octanol–water partition coefficient (Wildman–Crippen LogP) is 5.72. The molecule has 0 N–H and O–H groups in total. The van der Waals surface area contributed by atoms with Gasteiger partial charge in [-0.25, -0.2) is 9.78 Å². The maximum absolute atomic E-state index is 13.2. The van der Waals surface area contributed by atoms with Crippen LogP contribution < -0.4 is 9.47 Å². The van der Waals surface area contributed by atoms with Gasteiger partial charge in [-0.05, 0) is 59.7 Å². The molecule has 0 aliphatic heterocycles. The van der Waals surface area contributed by atoms with Gasteiger partial charge < -0.3 is 9.47 Å². The molecule has 168 valence electrons. The second-order valence-corrected chi connectivity index (χ2v) is 7.94. The SMILES string of the molecule is COc1cc(C(OOC(C)(C)C)OOC(C)(C)C)ccc1OC(F)(F)C(F)(F)F. The van der Waals surface area contributed by atoms with Gasteiger partial charge in [-0.1, -0.05) is 0 Å². The average molecular weight is 432 g/mol. The van der Waals surface area contributed by atoms with Crippen molar-refractivity contribution in [2.24, 2.45) is 0 Å². The highest BCUT2D eigenvalue weighted by Crippen LogP contribution is 2.41. The molecule has 0 atom stereocenters. The summed E-state index contributed by atoms with van der Waals surface area (Å²) in [6.45, 7) is 10.2. The molecule has 1 aromatic rings. The number of hydrogen-bond donors (Lipinski definition) is 0. The first-order valence-corrected chi connectivity index (χ1v) is 8.46. The minimum atomic E-state index is -5.90. The van der Waals surface area contributed by atoms with Crippen molar-refractivity contribution in [2.45, 2.75) is 71.3 Å². The van der Waals surface area contributed by atoms with Crippen molar-refractivity contribution in [1.29, 1.82) is 0 Å². The van der Waals surface area contributed by atoms with Gasteiger partial charge in [-0.2, -0.15) is 31.7 Å². The molecule has 0 aromatic heterocycles. The molecule has 0 unspecified atom stereocenters. The lowest BCUT2D eigenvalue weighted by Gasteiger charge is -2.26. The molecule has 0 radical (unpaired) electrons. The van der Waals surface area contributed by atoms with E-state index < -0.39 is 41.3 Å². The number of benzene rings is 1. The van der Waals surface area contributed by atoms with Crippen LogP contribution in [-0.4, -0.2) is 30.6 Å². The first-order chi connectivity index (χ1) is 13.0. The van der Waals surface area contributed by atoms with Gasteiger partial charge in [0.2, 0.25) is 6.29 Å². The van der Waals surface area contributed by atoms with Crippen LogP contribution in [0.2, 0.25) is 0 Å². The van der Waals surface area contributed by atoms with Crippen molar-refractivity contribution >= 4 is 0 Å². The molecule has 0 aliphatic rings. The number of alkyl halides is 5.